The largest absolute Gasteiger partial charge is 0.483 e. The second-order valence-electron chi connectivity index (χ2n) is 4.64. The first-order chi connectivity index (χ1) is 8.81. The Morgan fingerprint density at radius 1 is 1.26 bits per heavy atom. The fourth-order valence-electron chi connectivity index (χ4n) is 1.88. The summed E-state index contributed by atoms with van der Waals surface area (Å²) in [4.78, 5) is 22.1. The van der Waals surface area contributed by atoms with Gasteiger partial charge in [-0.05, 0) is 38.8 Å². The zero-order valence-corrected chi connectivity index (χ0v) is 11.6. The van der Waals surface area contributed by atoms with Gasteiger partial charge in [-0.3, -0.25) is 9.59 Å². The van der Waals surface area contributed by atoms with Gasteiger partial charge in [0.15, 0.2) is 6.61 Å². The van der Waals surface area contributed by atoms with Crippen LogP contribution in [0.4, 0.5) is 0 Å². The van der Waals surface area contributed by atoms with Crippen molar-refractivity contribution in [2.75, 3.05) is 6.61 Å². The molecule has 0 fully saturated rings. The quantitative estimate of drug-likeness (QED) is 0.847. The number of nitrogens with one attached hydrogen (secondary N) is 1. The summed E-state index contributed by atoms with van der Waals surface area (Å²) in [5.41, 5.74) is 3.04. The van der Waals surface area contributed by atoms with Crippen molar-refractivity contribution in [3.05, 3.63) is 28.8 Å². The average molecular weight is 265 g/mol. The van der Waals surface area contributed by atoms with Crippen LogP contribution in [-0.4, -0.2) is 29.6 Å². The molecular formula is C14H19NO4. The number of amides is 1. The topological polar surface area (TPSA) is 75.6 Å². The van der Waals surface area contributed by atoms with Gasteiger partial charge in [-0.15, -0.1) is 0 Å². The van der Waals surface area contributed by atoms with E-state index in [0.29, 0.717) is 5.75 Å². The van der Waals surface area contributed by atoms with E-state index in [9.17, 15) is 9.59 Å². The SMILES string of the molecule is Cc1cc(C)c(OCC(=O)NC(C)C(=O)O)c(C)c1. The van der Waals surface area contributed by atoms with E-state index in [2.05, 4.69) is 5.32 Å². The number of benzene rings is 1. The molecule has 1 aromatic rings. The molecule has 0 radical (unpaired) electrons. The van der Waals surface area contributed by atoms with Crippen molar-refractivity contribution in [1.82, 2.24) is 5.32 Å². The molecule has 1 aromatic carbocycles. The van der Waals surface area contributed by atoms with Gasteiger partial charge in [0.25, 0.3) is 5.91 Å². The Bertz CT molecular complexity index is 473. The van der Waals surface area contributed by atoms with E-state index < -0.39 is 17.9 Å². The summed E-state index contributed by atoms with van der Waals surface area (Å²) in [6, 6.07) is 3.02. The van der Waals surface area contributed by atoms with Gasteiger partial charge in [0.2, 0.25) is 0 Å². The van der Waals surface area contributed by atoms with Crippen LogP contribution >= 0.6 is 0 Å². The molecule has 0 aliphatic carbocycles. The molecule has 0 aliphatic rings. The first-order valence-corrected chi connectivity index (χ1v) is 6.04. The molecule has 0 aromatic heterocycles. The van der Waals surface area contributed by atoms with Gasteiger partial charge in [0, 0.05) is 0 Å². The highest BCUT2D eigenvalue weighted by Crippen LogP contribution is 2.24. The number of carbonyl (C=O) groups is 2. The molecule has 1 atom stereocenters. The zero-order chi connectivity index (χ0) is 14.6. The lowest BCUT2D eigenvalue weighted by Crippen LogP contribution is -2.40. The van der Waals surface area contributed by atoms with E-state index in [1.165, 1.54) is 6.92 Å². The average Bonchev–Trinajstić information content (AvgIpc) is 2.27. The Morgan fingerprint density at radius 3 is 2.26 bits per heavy atom. The lowest BCUT2D eigenvalue weighted by atomic mass is 10.1. The number of carboxylic acids is 1. The molecule has 0 saturated carbocycles. The van der Waals surface area contributed by atoms with Gasteiger partial charge in [-0.25, -0.2) is 0 Å². The Kier molecular flexibility index (Phi) is 4.92. The van der Waals surface area contributed by atoms with Crippen molar-refractivity contribution in [2.45, 2.75) is 33.7 Å². The summed E-state index contributed by atoms with van der Waals surface area (Å²) in [5.74, 6) is -0.853. The minimum absolute atomic E-state index is 0.192. The minimum atomic E-state index is -1.07. The molecule has 0 heterocycles. The number of aliphatic carboxylic acids is 1. The monoisotopic (exact) mass is 265 g/mol. The van der Waals surface area contributed by atoms with Crippen LogP contribution in [0.5, 0.6) is 5.75 Å². The summed E-state index contributed by atoms with van der Waals surface area (Å²) >= 11 is 0. The molecule has 0 spiro atoms. The van der Waals surface area contributed by atoms with Crippen LogP contribution in [-0.2, 0) is 9.59 Å². The van der Waals surface area contributed by atoms with Gasteiger partial charge in [0.05, 0.1) is 0 Å². The van der Waals surface area contributed by atoms with Crippen molar-refractivity contribution in [1.29, 1.82) is 0 Å². The van der Waals surface area contributed by atoms with Gasteiger partial charge in [-0.2, -0.15) is 0 Å². The number of hydrogen-bond acceptors (Lipinski definition) is 3. The second-order valence-corrected chi connectivity index (χ2v) is 4.64. The van der Waals surface area contributed by atoms with E-state index in [0.717, 1.165) is 16.7 Å². The summed E-state index contributed by atoms with van der Waals surface area (Å²) in [6.07, 6.45) is 0. The third-order valence-electron chi connectivity index (χ3n) is 2.70. The molecule has 1 unspecified atom stereocenters. The number of hydrogen-bond donors (Lipinski definition) is 2. The van der Waals surface area contributed by atoms with Crippen LogP contribution in [0.1, 0.15) is 23.6 Å². The first-order valence-electron chi connectivity index (χ1n) is 6.04. The molecule has 104 valence electrons. The van der Waals surface area contributed by atoms with Gasteiger partial charge in [0.1, 0.15) is 11.8 Å². The number of carboxylic acid groups (broad SMARTS) is 1. The lowest BCUT2D eigenvalue weighted by molar-refractivity contribution is -0.141. The van der Waals surface area contributed by atoms with Gasteiger partial charge >= 0.3 is 5.97 Å². The van der Waals surface area contributed by atoms with Gasteiger partial charge in [-0.1, -0.05) is 17.7 Å². The normalized spacial score (nSPS) is 11.8. The fraction of sp³-hybridized carbons (Fsp3) is 0.429. The Labute approximate surface area is 112 Å². The Morgan fingerprint density at radius 2 is 1.79 bits per heavy atom. The van der Waals surface area contributed by atoms with Crippen LogP contribution in [0.25, 0.3) is 0 Å². The summed E-state index contributed by atoms with van der Waals surface area (Å²) in [7, 11) is 0. The van der Waals surface area contributed by atoms with E-state index in [4.69, 9.17) is 9.84 Å². The van der Waals surface area contributed by atoms with E-state index in [1.807, 2.05) is 32.9 Å². The van der Waals surface area contributed by atoms with Gasteiger partial charge < -0.3 is 15.2 Å². The molecule has 0 bridgehead atoms. The van der Waals surface area contributed by atoms with Crippen LogP contribution < -0.4 is 10.1 Å². The second kappa shape index (κ2) is 6.22. The van der Waals surface area contributed by atoms with Crippen molar-refractivity contribution < 1.29 is 19.4 Å². The number of carbonyl (C=O) groups excluding carboxylic acids is 1. The van der Waals surface area contributed by atoms with E-state index >= 15 is 0 Å². The third-order valence-corrected chi connectivity index (χ3v) is 2.70. The number of rotatable bonds is 5. The summed E-state index contributed by atoms with van der Waals surface area (Å²) in [5, 5.41) is 11.0. The number of ether oxygens (including phenoxy) is 1. The maximum absolute atomic E-state index is 11.5. The minimum Gasteiger partial charge on any atom is -0.483 e. The van der Waals surface area contributed by atoms with Crippen molar-refractivity contribution in [2.24, 2.45) is 0 Å². The standard InChI is InChI=1S/C14H19NO4/c1-8-5-9(2)13(10(3)6-8)19-7-12(16)15-11(4)14(17)18/h5-6,11H,7H2,1-4H3,(H,15,16)(H,17,18). The maximum Gasteiger partial charge on any atom is 0.325 e. The highest BCUT2D eigenvalue weighted by molar-refractivity contribution is 5.84. The zero-order valence-electron chi connectivity index (χ0n) is 11.6. The predicted molar refractivity (Wildman–Crippen MR) is 71.4 cm³/mol. The summed E-state index contributed by atoms with van der Waals surface area (Å²) in [6.45, 7) is 7.02. The fourth-order valence-corrected chi connectivity index (χ4v) is 1.88. The van der Waals surface area contributed by atoms with Crippen molar-refractivity contribution in [3.8, 4) is 5.75 Å². The van der Waals surface area contributed by atoms with Crippen molar-refractivity contribution in [3.63, 3.8) is 0 Å². The van der Waals surface area contributed by atoms with Crippen LogP contribution in [0.2, 0.25) is 0 Å². The molecule has 5 heteroatoms. The Balaban J connectivity index is 2.63. The highest BCUT2D eigenvalue weighted by atomic mass is 16.5. The van der Waals surface area contributed by atoms with Crippen LogP contribution in [0, 0.1) is 20.8 Å². The summed E-state index contributed by atoms with van der Waals surface area (Å²) < 4.78 is 5.46. The Hall–Kier alpha value is -2.04. The molecule has 5 nitrogen and oxygen atoms in total. The van der Waals surface area contributed by atoms with E-state index in [1.54, 1.807) is 0 Å². The number of aryl methyl sites for hydroxylation is 3. The molecule has 0 aliphatic heterocycles. The highest BCUT2D eigenvalue weighted by Gasteiger charge is 2.15. The molecule has 1 rings (SSSR count). The lowest BCUT2D eigenvalue weighted by Gasteiger charge is -2.14. The maximum atomic E-state index is 11.5. The molecule has 0 saturated heterocycles. The van der Waals surface area contributed by atoms with Crippen LogP contribution in [0.3, 0.4) is 0 Å². The van der Waals surface area contributed by atoms with Crippen molar-refractivity contribution >= 4 is 11.9 Å². The van der Waals surface area contributed by atoms with Crippen LogP contribution in [0.15, 0.2) is 12.1 Å². The first kappa shape index (κ1) is 15.0. The molecule has 2 N–H and O–H groups in total. The third kappa shape index (κ3) is 4.28. The smallest absolute Gasteiger partial charge is 0.325 e. The predicted octanol–water partition coefficient (Wildman–Crippen LogP) is 1.58. The molecule has 19 heavy (non-hydrogen) atoms. The molecular weight excluding hydrogens is 246 g/mol. The van der Waals surface area contributed by atoms with E-state index in [-0.39, 0.29) is 6.61 Å². The molecule has 1 amide bonds.